The number of piperidine rings is 1. The van der Waals surface area contributed by atoms with Crippen LogP contribution in [-0.4, -0.2) is 33.4 Å². The summed E-state index contributed by atoms with van der Waals surface area (Å²) in [5, 5.41) is 0. The zero-order valence-electron chi connectivity index (χ0n) is 14.2. The number of hydrogen-bond acceptors (Lipinski definition) is 2. The van der Waals surface area contributed by atoms with Crippen LogP contribution in [0, 0.1) is 12.7 Å². The Balaban J connectivity index is 1.47. The molecule has 2 heterocycles. The summed E-state index contributed by atoms with van der Waals surface area (Å²) < 4.78 is 15.4. The van der Waals surface area contributed by atoms with E-state index in [-0.39, 0.29) is 17.8 Å². The van der Waals surface area contributed by atoms with Crippen molar-refractivity contribution in [1.29, 1.82) is 0 Å². The summed E-state index contributed by atoms with van der Waals surface area (Å²) >= 11 is 0. The molecule has 3 aromatic rings. The summed E-state index contributed by atoms with van der Waals surface area (Å²) in [5.74, 6) is -0.174. The second-order valence-corrected chi connectivity index (χ2v) is 6.67. The molecule has 0 aliphatic carbocycles. The number of rotatable bonds is 2. The Labute approximate surface area is 145 Å². The van der Waals surface area contributed by atoms with Crippen LogP contribution in [0.15, 0.2) is 48.8 Å². The standard InChI is InChI=1S/C20H20FN3O/c1-14-2-4-15(5-3-14)20(25)23-10-8-17(9-11-23)24-13-22-18-12-16(21)6-7-19(18)24/h2-7,12-13,17H,8-11H2,1H3. The zero-order valence-corrected chi connectivity index (χ0v) is 14.2. The Kier molecular flexibility index (Phi) is 3.99. The number of carbonyl (C=O) groups is 1. The van der Waals surface area contributed by atoms with Crippen molar-refractivity contribution in [2.45, 2.75) is 25.8 Å². The third kappa shape index (κ3) is 3.02. The third-order valence-electron chi connectivity index (χ3n) is 4.98. The maximum absolute atomic E-state index is 13.3. The van der Waals surface area contributed by atoms with E-state index in [0.717, 1.165) is 42.6 Å². The number of carbonyl (C=O) groups excluding carboxylic acids is 1. The molecule has 2 aromatic carbocycles. The molecule has 128 valence electrons. The molecule has 1 aromatic heterocycles. The molecular weight excluding hydrogens is 317 g/mol. The van der Waals surface area contributed by atoms with Gasteiger partial charge in [0.1, 0.15) is 5.82 Å². The van der Waals surface area contributed by atoms with Gasteiger partial charge in [0.05, 0.1) is 17.4 Å². The molecule has 0 saturated carbocycles. The van der Waals surface area contributed by atoms with Gasteiger partial charge < -0.3 is 9.47 Å². The van der Waals surface area contributed by atoms with E-state index in [9.17, 15) is 9.18 Å². The predicted octanol–water partition coefficient (Wildman–Crippen LogP) is 3.96. The molecule has 0 bridgehead atoms. The molecule has 0 atom stereocenters. The largest absolute Gasteiger partial charge is 0.338 e. The summed E-state index contributed by atoms with van der Waals surface area (Å²) in [4.78, 5) is 18.8. The monoisotopic (exact) mass is 337 g/mol. The van der Waals surface area contributed by atoms with Crippen LogP contribution in [0.4, 0.5) is 4.39 Å². The predicted molar refractivity (Wildman–Crippen MR) is 95.0 cm³/mol. The first kappa shape index (κ1) is 15.8. The maximum atomic E-state index is 13.3. The SMILES string of the molecule is Cc1ccc(C(=O)N2CCC(n3cnc4cc(F)ccc43)CC2)cc1. The van der Waals surface area contributed by atoms with Crippen LogP contribution < -0.4 is 0 Å². The van der Waals surface area contributed by atoms with Gasteiger partial charge in [0.2, 0.25) is 0 Å². The second-order valence-electron chi connectivity index (χ2n) is 6.67. The first-order valence-corrected chi connectivity index (χ1v) is 8.60. The van der Waals surface area contributed by atoms with Gasteiger partial charge in [-0.2, -0.15) is 0 Å². The highest BCUT2D eigenvalue weighted by Crippen LogP contribution is 2.27. The van der Waals surface area contributed by atoms with Gasteiger partial charge >= 0.3 is 0 Å². The first-order chi connectivity index (χ1) is 12.1. The van der Waals surface area contributed by atoms with E-state index in [0.29, 0.717) is 5.52 Å². The molecule has 1 fully saturated rings. The molecule has 5 heteroatoms. The van der Waals surface area contributed by atoms with Gasteiger partial charge in [-0.15, -0.1) is 0 Å². The fourth-order valence-electron chi connectivity index (χ4n) is 3.52. The van der Waals surface area contributed by atoms with Crippen molar-refractivity contribution in [2.75, 3.05) is 13.1 Å². The van der Waals surface area contributed by atoms with Gasteiger partial charge in [-0.3, -0.25) is 4.79 Å². The molecule has 0 spiro atoms. The van der Waals surface area contributed by atoms with Crippen LogP contribution in [0.25, 0.3) is 11.0 Å². The van der Waals surface area contributed by atoms with Gasteiger partial charge in [-0.25, -0.2) is 9.37 Å². The van der Waals surface area contributed by atoms with Gasteiger partial charge in [0.15, 0.2) is 0 Å². The van der Waals surface area contributed by atoms with Gasteiger partial charge in [-0.1, -0.05) is 17.7 Å². The van der Waals surface area contributed by atoms with E-state index < -0.39 is 0 Å². The molecule has 1 amide bonds. The Morgan fingerprint density at radius 1 is 1.12 bits per heavy atom. The van der Waals surface area contributed by atoms with Crippen molar-refractivity contribution in [3.63, 3.8) is 0 Å². The Hall–Kier alpha value is -2.69. The number of fused-ring (bicyclic) bond motifs is 1. The van der Waals surface area contributed by atoms with Gasteiger partial charge in [-0.05, 0) is 44.0 Å². The molecule has 1 saturated heterocycles. The first-order valence-electron chi connectivity index (χ1n) is 8.60. The lowest BCUT2D eigenvalue weighted by Crippen LogP contribution is -2.39. The Morgan fingerprint density at radius 2 is 1.84 bits per heavy atom. The molecule has 4 rings (SSSR count). The lowest BCUT2D eigenvalue weighted by Gasteiger charge is -2.33. The number of halogens is 1. The fraction of sp³-hybridized carbons (Fsp3) is 0.300. The Morgan fingerprint density at radius 3 is 2.56 bits per heavy atom. The van der Waals surface area contributed by atoms with Crippen molar-refractivity contribution in [3.8, 4) is 0 Å². The van der Waals surface area contributed by atoms with Crippen molar-refractivity contribution in [2.24, 2.45) is 0 Å². The van der Waals surface area contributed by atoms with Crippen LogP contribution in [0.1, 0.15) is 34.8 Å². The van der Waals surface area contributed by atoms with Crippen molar-refractivity contribution in [1.82, 2.24) is 14.5 Å². The molecule has 0 unspecified atom stereocenters. The third-order valence-corrected chi connectivity index (χ3v) is 4.98. The number of aryl methyl sites for hydroxylation is 1. The average molecular weight is 337 g/mol. The van der Waals surface area contributed by atoms with Crippen molar-refractivity contribution >= 4 is 16.9 Å². The minimum absolute atomic E-state index is 0.0935. The van der Waals surface area contributed by atoms with Crippen LogP contribution in [0.2, 0.25) is 0 Å². The number of hydrogen-bond donors (Lipinski definition) is 0. The topological polar surface area (TPSA) is 38.1 Å². The second kappa shape index (κ2) is 6.31. The number of benzene rings is 2. The van der Waals surface area contributed by atoms with Crippen LogP contribution in [0.5, 0.6) is 0 Å². The summed E-state index contributed by atoms with van der Waals surface area (Å²) in [6.45, 7) is 3.46. The molecule has 0 N–H and O–H groups in total. The quantitative estimate of drug-likeness (QED) is 0.710. The number of aromatic nitrogens is 2. The molecular formula is C20H20FN3O. The normalized spacial score (nSPS) is 15.7. The number of likely N-dealkylation sites (tertiary alicyclic amines) is 1. The lowest BCUT2D eigenvalue weighted by atomic mass is 10.0. The lowest BCUT2D eigenvalue weighted by molar-refractivity contribution is 0.0696. The van der Waals surface area contributed by atoms with Crippen LogP contribution in [-0.2, 0) is 0 Å². The molecule has 25 heavy (non-hydrogen) atoms. The van der Waals surface area contributed by atoms with Gasteiger partial charge in [0, 0.05) is 30.8 Å². The minimum atomic E-state index is -0.267. The van der Waals surface area contributed by atoms with E-state index >= 15 is 0 Å². The van der Waals surface area contributed by atoms with Crippen molar-refractivity contribution < 1.29 is 9.18 Å². The summed E-state index contributed by atoms with van der Waals surface area (Å²) in [7, 11) is 0. The Bertz CT molecular complexity index is 908. The van der Waals surface area contributed by atoms with Crippen LogP contribution in [0.3, 0.4) is 0 Å². The van der Waals surface area contributed by atoms with E-state index in [4.69, 9.17) is 0 Å². The summed E-state index contributed by atoms with van der Waals surface area (Å²) in [6.07, 6.45) is 3.53. The van der Waals surface area contributed by atoms with E-state index in [1.165, 1.54) is 12.1 Å². The van der Waals surface area contributed by atoms with Crippen molar-refractivity contribution in [3.05, 3.63) is 65.7 Å². The highest BCUT2D eigenvalue weighted by molar-refractivity contribution is 5.94. The fourth-order valence-corrected chi connectivity index (χ4v) is 3.52. The maximum Gasteiger partial charge on any atom is 0.253 e. The molecule has 1 aliphatic rings. The smallest absolute Gasteiger partial charge is 0.253 e. The van der Waals surface area contributed by atoms with E-state index in [2.05, 4.69) is 9.55 Å². The number of nitrogens with zero attached hydrogens (tertiary/aromatic N) is 3. The summed E-state index contributed by atoms with van der Waals surface area (Å²) in [6, 6.07) is 12.7. The van der Waals surface area contributed by atoms with Crippen LogP contribution >= 0.6 is 0 Å². The zero-order chi connectivity index (χ0) is 17.4. The van der Waals surface area contributed by atoms with E-state index in [1.54, 1.807) is 12.4 Å². The minimum Gasteiger partial charge on any atom is -0.338 e. The molecule has 0 radical (unpaired) electrons. The highest BCUT2D eigenvalue weighted by atomic mass is 19.1. The average Bonchev–Trinajstić information content (AvgIpc) is 3.05. The van der Waals surface area contributed by atoms with Gasteiger partial charge in [0.25, 0.3) is 5.91 Å². The molecule has 1 aliphatic heterocycles. The highest BCUT2D eigenvalue weighted by Gasteiger charge is 2.25. The van der Waals surface area contributed by atoms with E-state index in [1.807, 2.05) is 36.1 Å². The number of amides is 1. The molecule has 4 nitrogen and oxygen atoms in total. The summed E-state index contributed by atoms with van der Waals surface area (Å²) in [5.41, 5.74) is 3.52. The number of imidazole rings is 1.